The second-order valence-corrected chi connectivity index (χ2v) is 4.51. The van der Waals surface area contributed by atoms with Gasteiger partial charge in [0.2, 0.25) is 0 Å². The molecule has 0 heterocycles. The fourth-order valence-electron chi connectivity index (χ4n) is 1.99. The van der Waals surface area contributed by atoms with Crippen molar-refractivity contribution in [1.82, 2.24) is 0 Å². The molecular formula is C16H19FNO+. The lowest BCUT2D eigenvalue weighted by molar-refractivity contribution is -0.670. The third-order valence-corrected chi connectivity index (χ3v) is 3.06. The lowest BCUT2D eigenvalue weighted by Gasteiger charge is -2.04. The molecule has 2 rings (SSSR count). The van der Waals surface area contributed by atoms with Gasteiger partial charge in [-0.15, -0.1) is 0 Å². The summed E-state index contributed by atoms with van der Waals surface area (Å²) < 4.78 is 17.9. The van der Waals surface area contributed by atoms with E-state index in [-0.39, 0.29) is 5.82 Å². The van der Waals surface area contributed by atoms with Crippen molar-refractivity contribution >= 4 is 0 Å². The molecule has 2 aromatic carbocycles. The molecule has 0 aliphatic rings. The maximum absolute atomic E-state index is 12.7. The zero-order chi connectivity index (χ0) is 13.5. The number of hydrogen-bond acceptors (Lipinski definition) is 1. The number of nitrogens with two attached hydrogens (primary N) is 1. The van der Waals surface area contributed by atoms with Gasteiger partial charge in [0, 0.05) is 12.0 Å². The minimum absolute atomic E-state index is 0.180. The van der Waals surface area contributed by atoms with Crippen LogP contribution in [0.5, 0.6) is 5.75 Å². The van der Waals surface area contributed by atoms with Gasteiger partial charge in [-0.3, -0.25) is 0 Å². The van der Waals surface area contributed by atoms with Crippen LogP contribution in [0.1, 0.15) is 11.1 Å². The van der Waals surface area contributed by atoms with Crippen LogP contribution in [0.3, 0.4) is 0 Å². The van der Waals surface area contributed by atoms with Crippen molar-refractivity contribution in [2.24, 2.45) is 0 Å². The highest BCUT2D eigenvalue weighted by atomic mass is 19.1. The minimum Gasteiger partial charge on any atom is -0.497 e. The molecule has 0 saturated heterocycles. The van der Waals surface area contributed by atoms with Gasteiger partial charge < -0.3 is 10.1 Å². The fraction of sp³-hybridized carbons (Fsp3) is 0.250. The van der Waals surface area contributed by atoms with Crippen molar-refractivity contribution < 1.29 is 14.4 Å². The number of benzene rings is 2. The van der Waals surface area contributed by atoms with E-state index in [0.29, 0.717) is 0 Å². The van der Waals surface area contributed by atoms with Gasteiger partial charge in [-0.25, -0.2) is 4.39 Å². The first-order chi connectivity index (χ1) is 9.28. The van der Waals surface area contributed by atoms with Gasteiger partial charge in [0.1, 0.15) is 18.1 Å². The topological polar surface area (TPSA) is 25.8 Å². The van der Waals surface area contributed by atoms with Gasteiger partial charge in [-0.05, 0) is 29.8 Å². The maximum Gasteiger partial charge on any atom is 0.123 e. The Hall–Kier alpha value is -1.87. The standard InChI is InChI=1S/C16H18FNO/c1-19-16-4-2-3-13(11-16)9-10-18-12-14-5-7-15(17)8-6-14/h2-8,11,18H,9-10,12H2,1H3/p+1. The van der Waals surface area contributed by atoms with Crippen LogP contribution in [0.15, 0.2) is 48.5 Å². The summed E-state index contributed by atoms with van der Waals surface area (Å²) >= 11 is 0. The predicted molar refractivity (Wildman–Crippen MR) is 73.6 cm³/mol. The second kappa shape index (κ2) is 6.90. The summed E-state index contributed by atoms with van der Waals surface area (Å²) in [4.78, 5) is 0. The van der Waals surface area contributed by atoms with Crippen LogP contribution in [-0.2, 0) is 13.0 Å². The smallest absolute Gasteiger partial charge is 0.123 e. The van der Waals surface area contributed by atoms with Crippen LogP contribution in [0.2, 0.25) is 0 Å². The van der Waals surface area contributed by atoms with E-state index in [1.807, 2.05) is 24.3 Å². The molecule has 0 amide bonds. The summed E-state index contributed by atoms with van der Waals surface area (Å²) in [7, 11) is 1.68. The first kappa shape index (κ1) is 13.6. The zero-order valence-electron chi connectivity index (χ0n) is 11.1. The molecule has 0 bridgehead atoms. The van der Waals surface area contributed by atoms with Crippen molar-refractivity contribution in [2.75, 3.05) is 13.7 Å². The minimum atomic E-state index is -0.180. The third-order valence-electron chi connectivity index (χ3n) is 3.06. The Bertz CT molecular complexity index is 510. The van der Waals surface area contributed by atoms with E-state index in [1.165, 1.54) is 17.7 Å². The Labute approximate surface area is 113 Å². The summed E-state index contributed by atoms with van der Waals surface area (Å²) in [5.41, 5.74) is 2.42. The number of halogens is 1. The molecule has 100 valence electrons. The van der Waals surface area contributed by atoms with E-state index in [1.54, 1.807) is 7.11 Å². The molecule has 2 aromatic rings. The fourth-order valence-corrected chi connectivity index (χ4v) is 1.99. The predicted octanol–water partition coefficient (Wildman–Crippen LogP) is 2.14. The Morgan fingerprint density at radius 3 is 2.58 bits per heavy atom. The number of quaternary nitrogens is 1. The molecule has 0 spiro atoms. The van der Waals surface area contributed by atoms with Crippen LogP contribution < -0.4 is 10.1 Å². The van der Waals surface area contributed by atoms with E-state index in [0.717, 1.165) is 30.8 Å². The SMILES string of the molecule is COc1cccc(CC[NH2+]Cc2ccc(F)cc2)c1. The Morgan fingerprint density at radius 2 is 1.84 bits per heavy atom. The van der Waals surface area contributed by atoms with E-state index in [4.69, 9.17) is 4.74 Å². The molecule has 0 radical (unpaired) electrons. The van der Waals surface area contributed by atoms with Crippen molar-refractivity contribution in [1.29, 1.82) is 0 Å². The number of rotatable bonds is 6. The largest absolute Gasteiger partial charge is 0.497 e. The first-order valence-corrected chi connectivity index (χ1v) is 6.47. The average molecular weight is 260 g/mol. The van der Waals surface area contributed by atoms with E-state index < -0.39 is 0 Å². The molecule has 2 nitrogen and oxygen atoms in total. The molecule has 0 fully saturated rings. The van der Waals surface area contributed by atoms with Gasteiger partial charge in [0.25, 0.3) is 0 Å². The molecular weight excluding hydrogens is 241 g/mol. The number of ether oxygens (including phenoxy) is 1. The molecule has 0 aliphatic heterocycles. The Balaban J connectivity index is 1.75. The highest BCUT2D eigenvalue weighted by molar-refractivity contribution is 5.28. The van der Waals surface area contributed by atoms with Crippen molar-refractivity contribution in [3.05, 3.63) is 65.5 Å². The van der Waals surface area contributed by atoms with E-state index in [9.17, 15) is 4.39 Å². The maximum atomic E-state index is 12.7. The molecule has 0 saturated carbocycles. The third kappa shape index (κ3) is 4.38. The average Bonchev–Trinajstić information content (AvgIpc) is 2.46. The summed E-state index contributed by atoms with van der Waals surface area (Å²) in [5, 5.41) is 2.23. The van der Waals surface area contributed by atoms with Gasteiger partial charge in [0.05, 0.1) is 13.7 Å². The molecule has 2 N–H and O–H groups in total. The van der Waals surface area contributed by atoms with Gasteiger partial charge in [0.15, 0.2) is 0 Å². The van der Waals surface area contributed by atoms with E-state index >= 15 is 0 Å². The zero-order valence-corrected chi connectivity index (χ0v) is 11.1. The summed E-state index contributed by atoms with van der Waals surface area (Å²) in [6.07, 6.45) is 0.998. The quantitative estimate of drug-likeness (QED) is 0.791. The van der Waals surface area contributed by atoms with Crippen LogP contribution >= 0.6 is 0 Å². The molecule has 0 aromatic heterocycles. The van der Waals surface area contributed by atoms with Crippen molar-refractivity contribution in [3.63, 3.8) is 0 Å². The normalized spacial score (nSPS) is 10.4. The molecule has 0 aliphatic carbocycles. The van der Waals surface area contributed by atoms with Gasteiger partial charge in [-0.1, -0.05) is 24.3 Å². The van der Waals surface area contributed by atoms with Gasteiger partial charge in [-0.2, -0.15) is 0 Å². The van der Waals surface area contributed by atoms with Crippen LogP contribution in [-0.4, -0.2) is 13.7 Å². The highest BCUT2D eigenvalue weighted by Crippen LogP contribution is 2.12. The van der Waals surface area contributed by atoms with E-state index in [2.05, 4.69) is 17.4 Å². The number of methoxy groups -OCH3 is 1. The Kier molecular flexibility index (Phi) is 4.93. The first-order valence-electron chi connectivity index (χ1n) is 6.47. The van der Waals surface area contributed by atoms with Crippen molar-refractivity contribution in [2.45, 2.75) is 13.0 Å². The highest BCUT2D eigenvalue weighted by Gasteiger charge is 1.99. The molecule has 0 unspecified atom stereocenters. The van der Waals surface area contributed by atoms with Gasteiger partial charge >= 0.3 is 0 Å². The Morgan fingerprint density at radius 1 is 1.05 bits per heavy atom. The molecule has 19 heavy (non-hydrogen) atoms. The lowest BCUT2D eigenvalue weighted by Crippen LogP contribution is -2.83. The van der Waals surface area contributed by atoms with Crippen LogP contribution in [0, 0.1) is 5.82 Å². The monoisotopic (exact) mass is 260 g/mol. The summed E-state index contributed by atoms with van der Waals surface area (Å²) in [5.74, 6) is 0.719. The second-order valence-electron chi connectivity index (χ2n) is 4.51. The molecule has 0 atom stereocenters. The summed E-state index contributed by atoms with van der Waals surface area (Å²) in [6.45, 7) is 1.88. The summed E-state index contributed by atoms with van der Waals surface area (Å²) in [6, 6.07) is 14.8. The van der Waals surface area contributed by atoms with Crippen molar-refractivity contribution in [3.8, 4) is 5.75 Å². The lowest BCUT2D eigenvalue weighted by atomic mass is 10.1. The van der Waals surface area contributed by atoms with Crippen LogP contribution in [0.4, 0.5) is 4.39 Å². The van der Waals surface area contributed by atoms with Crippen LogP contribution in [0.25, 0.3) is 0 Å². The molecule has 3 heteroatoms. The number of hydrogen-bond donors (Lipinski definition) is 1.